The SMILES string of the molecule is CC(=O)c1c(C)[nH]c(C(=O)C(C)Sc2nc3ccccc3c(=O)n2C2CCCC2)c1C. The lowest BCUT2D eigenvalue weighted by Gasteiger charge is -2.20. The minimum Gasteiger partial charge on any atom is -0.355 e. The van der Waals surface area contributed by atoms with E-state index in [1.165, 1.54) is 18.7 Å². The number of H-pyrrole nitrogens is 1. The summed E-state index contributed by atoms with van der Waals surface area (Å²) in [6.45, 7) is 6.94. The number of aromatic amines is 1. The van der Waals surface area contributed by atoms with Crippen molar-refractivity contribution in [2.45, 2.75) is 69.8 Å². The van der Waals surface area contributed by atoms with Crippen molar-refractivity contribution in [1.82, 2.24) is 14.5 Å². The maximum atomic E-state index is 13.3. The number of hydrogen-bond donors (Lipinski definition) is 1. The first-order valence-electron chi connectivity index (χ1n) is 10.7. The van der Waals surface area contributed by atoms with Crippen LogP contribution in [-0.2, 0) is 0 Å². The molecule has 7 heteroatoms. The van der Waals surface area contributed by atoms with Crippen LogP contribution in [0.4, 0.5) is 0 Å². The van der Waals surface area contributed by atoms with Gasteiger partial charge in [0.25, 0.3) is 5.56 Å². The second-order valence-electron chi connectivity index (χ2n) is 8.33. The summed E-state index contributed by atoms with van der Waals surface area (Å²) >= 11 is 1.32. The van der Waals surface area contributed by atoms with Crippen LogP contribution in [0, 0.1) is 13.8 Å². The van der Waals surface area contributed by atoms with Crippen molar-refractivity contribution in [3.05, 3.63) is 57.1 Å². The molecular weight excluding hydrogens is 410 g/mol. The fourth-order valence-corrected chi connectivity index (χ4v) is 5.67. The van der Waals surface area contributed by atoms with E-state index in [4.69, 9.17) is 4.98 Å². The Balaban J connectivity index is 1.73. The molecule has 1 saturated carbocycles. The molecule has 1 atom stereocenters. The molecule has 2 heterocycles. The molecule has 162 valence electrons. The molecule has 1 aliphatic rings. The molecule has 1 aromatic carbocycles. The van der Waals surface area contributed by atoms with Crippen LogP contribution in [-0.4, -0.2) is 31.4 Å². The van der Waals surface area contributed by atoms with Crippen LogP contribution >= 0.6 is 11.8 Å². The summed E-state index contributed by atoms with van der Waals surface area (Å²) in [5, 5.41) is 0.737. The summed E-state index contributed by atoms with van der Waals surface area (Å²) in [5.74, 6) is -0.157. The summed E-state index contributed by atoms with van der Waals surface area (Å²) < 4.78 is 1.80. The average molecular weight is 438 g/mol. The molecule has 0 spiro atoms. The maximum Gasteiger partial charge on any atom is 0.262 e. The van der Waals surface area contributed by atoms with Crippen molar-refractivity contribution in [1.29, 1.82) is 0 Å². The van der Waals surface area contributed by atoms with Crippen LogP contribution in [0.25, 0.3) is 10.9 Å². The minimum absolute atomic E-state index is 0.0367. The molecule has 4 rings (SSSR count). The van der Waals surface area contributed by atoms with Gasteiger partial charge in [-0.2, -0.15) is 0 Å². The normalized spacial score (nSPS) is 15.5. The number of hydrogen-bond acceptors (Lipinski definition) is 5. The van der Waals surface area contributed by atoms with Gasteiger partial charge in [0.1, 0.15) is 0 Å². The molecule has 0 aliphatic heterocycles. The van der Waals surface area contributed by atoms with Crippen molar-refractivity contribution in [3.8, 4) is 0 Å². The summed E-state index contributed by atoms with van der Waals surface area (Å²) in [7, 11) is 0. The number of ketones is 2. The third kappa shape index (κ3) is 3.87. The van der Waals surface area contributed by atoms with Gasteiger partial charge in [-0.25, -0.2) is 4.98 Å². The molecule has 0 radical (unpaired) electrons. The summed E-state index contributed by atoms with van der Waals surface area (Å²) in [4.78, 5) is 46.4. The number of benzene rings is 1. The van der Waals surface area contributed by atoms with E-state index in [0.29, 0.717) is 38.6 Å². The highest BCUT2D eigenvalue weighted by Crippen LogP contribution is 2.34. The van der Waals surface area contributed by atoms with E-state index in [1.54, 1.807) is 18.4 Å². The number of carbonyl (C=O) groups is 2. The standard InChI is InChI=1S/C24H27N3O3S/c1-13-20(15(3)28)14(2)25-21(13)22(29)16(4)31-24-26-19-12-8-7-11-18(19)23(30)27(24)17-9-5-6-10-17/h7-8,11-12,16-17,25H,5-6,9-10H2,1-4H3. The van der Waals surface area contributed by atoms with E-state index < -0.39 is 5.25 Å². The fraction of sp³-hybridized carbons (Fsp3) is 0.417. The highest BCUT2D eigenvalue weighted by Gasteiger charge is 2.28. The van der Waals surface area contributed by atoms with Crippen molar-refractivity contribution in [3.63, 3.8) is 0 Å². The van der Waals surface area contributed by atoms with Gasteiger partial charge in [0, 0.05) is 17.3 Å². The Labute approximate surface area is 185 Å². The zero-order chi connectivity index (χ0) is 22.3. The van der Waals surface area contributed by atoms with Gasteiger partial charge in [-0.15, -0.1) is 0 Å². The van der Waals surface area contributed by atoms with E-state index in [-0.39, 0.29) is 23.2 Å². The van der Waals surface area contributed by atoms with Crippen molar-refractivity contribution in [2.24, 2.45) is 0 Å². The molecule has 0 bridgehead atoms. The Hall–Kier alpha value is -2.67. The number of rotatable bonds is 6. The molecule has 1 fully saturated rings. The zero-order valence-electron chi connectivity index (χ0n) is 18.3. The van der Waals surface area contributed by atoms with Gasteiger partial charge in [0.05, 0.1) is 21.8 Å². The summed E-state index contributed by atoms with van der Waals surface area (Å²) in [5.41, 5.74) is 3.03. The lowest BCUT2D eigenvalue weighted by molar-refractivity contribution is 0.0988. The summed E-state index contributed by atoms with van der Waals surface area (Å²) in [6.07, 6.45) is 4.09. The molecule has 6 nitrogen and oxygen atoms in total. The Morgan fingerprint density at radius 3 is 2.52 bits per heavy atom. The molecule has 0 saturated heterocycles. The molecule has 3 aromatic rings. The second kappa shape index (κ2) is 8.46. The van der Waals surface area contributed by atoms with Gasteiger partial charge < -0.3 is 4.98 Å². The number of nitrogens with one attached hydrogen (secondary N) is 1. The van der Waals surface area contributed by atoms with Crippen LogP contribution in [0.3, 0.4) is 0 Å². The van der Waals surface area contributed by atoms with E-state index in [9.17, 15) is 14.4 Å². The van der Waals surface area contributed by atoms with E-state index in [2.05, 4.69) is 4.98 Å². The smallest absolute Gasteiger partial charge is 0.262 e. The highest BCUT2D eigenvalue weighted by atomic mass is 32.2. The average Bonchev–Trinajstić information content (AvgIpc) is 3.35. The first-order chi connectivity index (χ1) is 14.8. The number of fused-ring (bicyclic) bond motifs is 1. The number of para-hydroxylation sites is 1. The first kappa shape index (κ1) is 21.6. The van der Waals surface area contributed by atoms with E-state index in [0.717, 1.165) is 25.7 Å². The topological polar surface area (TPSA) is 84.8 Å². The molecule has 1 aliphatic carbocycles. The minimum atomic E-state index is -0.461. The highest BCUT2D eigenvalue weighted by molar-refractivity contribution is 8.00. The number of carbonyl (C=O) groups excluding carboxylic acids is 2. The van der Waals surface area contributed by atoms with Gasteiger partial charge in [-0.3, -0.25) is 19.0 Å². The van der Waals surface area contributed by atoms with Gasteiger partial charge in [0.2, 0.25) is 0 Å². The van der Waals surface area contributed by atoms with Crippen LogP contribution in [0.2, 0.25) is 0 Å². The van der Waals surface area contributed by atoms with Crippen LogP contribution < -0.4 is 5.56 Å². The molecule has 31 heavy (non-hydrogen) atoms. The third-order valence-corrected chi connectivity index (χ3v) is 7.22. The van der Waals surface area contributed by atoms with Crippen molar-refractivity contribution in [2.75, 3.05) is 0 Å². The quantitative estimate of drug-likeness (QED) is 0.332. The van der Waals surface area contributed by atoms with Crippen LogP contribution in [0.5, 0.6) is 0 Å². The fourth-order valence-electron chi connectivity index (χ4n) is 4.63. The predicted octanol–water partition coefficient (Wildman–Crippen LogP) is 5.02. The first-order valence-corrected chi connectivity index (χ1v) is 11.6. The van der Waals surface area contributed by atoms with E-state index in [1.807, 2.05) is 31.2 Å². The molecular formula is C24H27N3O3S. The number of nitrogens with zero attached hydrogens (tertiary/aromatic N) is 2. The predicted molar refractivity (Wildman–Crippen MR) is 123 cm³/mol. The Kier molecular flexibility index (Phi) is 5.88. The van der Waals surface area contributed by atoms with Gasteiger partial charge in [-0.1, -0.05) is 36.7 Å². The van der Waals surface area contributed by atoms with Crippen LogP contribution in [0.1, 0.15) is 77.7 Å². The monoisotopic (exact) mass is 437 g/mol. The second-order valence-corrected chi connectivity index (χ2v) is 9.64. The largest absolute Gasteiger partial charge is 0.355 e. The molecule has 0 amide bonds. The lowest BCUT2D eigenvalue weighted by atomic mass is 10.0. The molecule has 2 aromatic heterocycles. The van der Waals surface area contributed by atoms with Gasteiger partial charge in [0.15, 0.2) is 16.7 Å². The number of Topliss-reactive ketones (excluding diaryl/α,β-unsaturated/α-hetero) is 2. The number of aryl methyl sites for hydroxylation is 1. The van der Waals surface area contributed by atoms with Gasteiger partial charge in [-0.05, 0) is 58.2 Å². The number of thioether (sulfide) groups is 1. The number of aromatic nitrogens is 3. The summed E-state index contributed by atoms with van der Waals surface area (Å²) in [6, 6.07) is 7.49. The van der Waals surface area contributed by atoms with Crippen molar-refractivity contribution < 1.29 is 9.59 Å². The molecule has 1 N–H and O–H groups in total. The van der Waals surface area contributed by atoms with E-state index >= 15 is 0 Å². The third-order valence-electron chi connectivity index (χ3n) is 6.15. The Bertz CT molecular complexity index is 1230. The molecule has 1 unspecified atom stereocenters. The van der Waals surface area contributed by atoms with Crippen LogP contribution in [0.15, 0.2) is 34.2 Å². The lowest BCUT2D eigenvalue weighted by Crippen LogP contribution is -2.27. The van der Waals surface area contributed by atoms with Gasteiger partial charge >= 0.3 is 0 Å². The Morgan fingerprint density at radius 1 is 1.19 bits per heavy atom. The zero-order valence-corrected chi connectivity index (χ0v) is 19.1. The Morgan fingerprint density at radius 2 is 1.87 bits per heavy atom. The maximum absolute atomic E-state index is 13.3. The van der Waals surface area contributed by atoms with Crippen molar-refractivity contribution >= 4 is 34.2 Å².